The van der Waals surface area contributed by atoms with Gasteiger partial charge in [0.25, 0.3) is 0 Å². The summed E-state index contributed by atoms with van der Waals surface area (Å²) in [6.45, 7) is 0. The molecule has 26 heavy (non-hydrogen) atoms. The molecule has 2 nitrogen and oxygen atoms in total. The van der Waals surface area contributed by atoms with Gasteiger partial charge < -0.3 is 5.11 Å². The van der Waals surface area contributed by atoms with E-state index in [2.05, 4.69) is 0 Å². The summed E-state index contributed by atoms with van der Waals surface area (Å²) in [5, 5.41) is 9.27. The summed E-state index contributed by atoms with van der Waals surface area (Å²) in [4.78, 5) is 12.5. The van der Waals surface area contributed by atoms with Gasteiger partial charge in [0.15, 0.2) is 5.78 Å². The smallest absolute Gasteiger partial charge is 0.170 e. The van der Waals surface area contributed by atoms with Gasteiger partial charge >= 0.3 is 0 Å². The molecule has 3 rings (SSSR count). The Hall–Kier alpha value is -2.79. The predicted octanol–water partition coefficient (Wildman–Crippen LogP) is 5.56. The van der Waals surface area contributed by atoms with Crippen molar-refractivity contribution in [2.75, 3.05) is 0 Å². The summed E-state index contributed by atoms with van der Waals surface area (Å²) < 4.78 is 41.4. The van der Waals surface area contributed by atoms with Gasteiger partial charge in [-0.25, -0.2) is 13.2 Å². The lowest BCUT2D eigenvalue weighted by atomic mass is 9.97. The molecule has 6 heteroatoms. The minimum absolute atomic E-state index is 0.216. The average Bonchev–Trinajstić information content (AvgIpc) is 2.62. The van der Waals surface area contributed by atoms with Gasteiger partial charge in [-0.05, 0) is 47.5 Å². The molecule has 0 atom stereocenters. The Kier molecular flexibility index (Phi) is 5.00. The fraction of sp³-hybridized carbons (Fsp3) is 0.0500. The highest BCUT2D eigenvalue weighted by Crippen LogP contribution is 2.31. The van der Waals surface area contributed by atoms with Gasteiger partial charge in [0.1, 0.15) is 23.2 Å². The molecule has 0 radical (unpaired) electrons. The van der Waals surface area contributed by atoms with Crippen molar-refractivity contribution in [3.63, 3.8) is 0 Å². The van der Waals surface area contributed by atoms with Crippen LogP contribution in [0, 0.1) is 17.5 Å². The van der Waals surface area contributed by atoms with E-state index in [1.807, 2.05) is 0 Å². The highest BCUT2D eigenvalue weighted by Gasteiger charge is 2.19. The van der Waals surface area contributed by atoms with Gasteiger partial charge in [-0.3, -0.25) is 4.79 Å². The highest BCUT2D eigenvalue weighted by molar-refractivity contribution is 6.33. The minimum atomic E-state index is -0.785. The molecule has 0 aliphatic rings. The Morgan fingerprint density at radius 2 is 1.62 bits per heavy atom. The number of Topliss-reactive ketones (excluding diaryl/α,β-unsaturated/α-hetero) is 1. The van der Waals surface area contributed by atoms with Crippen LogP contribution in [0.4, 0.5) is 13.2 Å². The van der Waals surface area contributed by atoms with Crippen molar-refractivity contribution in [1.82, 2.24) is 0 Å². The van der Waals surface area contributed by atoms with E-state index in [4.69, 9.17) is 11.6 Å². The zero-order valence-electron chi connectivity index (χ0n) is 13.3. The first-order valence-corrected chi connectivity index (χ1v) is 7.99. The van der Waals surface area contributed by atoms with E-state index in [0.29, 0.717) is 11.1 Å². The van der Waals surface area contributed by atoms with Crippen LogP contribution in [0.3, 0.4) is 0 Å². The number of hydrogen-bond donors (Lipinski definition) is 1. The first-order chi connectivity index (χ1) is 12.4. The van der Waals surface area contributed by atoms with E-state index in [-0.39, 0.29) is 21.9 Å². The van der Waals surface area contributed by atoms with Crippen LogP contribution in [0.25, 0.3) is 11.1 Å². The highest BCUT2D eigenvalue weighted by atomic mass is 35.5. The van der Waals surface area contributed by atoms with Crippen LogP contribution in [0.15, 0.2) is 54.6 Å². The molecule has 3 aromatic carbocycles. The molecule has 0 bridgehead atoms. The molecule has 1 N–H and O–H groups in total. The second kappa shape index (κ2) is 7.22. The van der Waals surface area contributed by atoms with Crippen LogP contribution in [-0.4, -0.2) is 10.9 Å². The van der Waals surface area contributed by atoms with Crippen molar-refractivity contribution in [2.45, 2.75) is 6.42 Å². The number of benzene rings is 3. The molecule has 0 amide bonds. The summed E-state index contributed by atoms with van der Waals surface area (Å²) in [6, 6.07) is 11.5. The first kappa shape index (κ1) is 18.0. The number of halogens is 4. The maximum Gasteiger partial charge on any atom is 0.170 e. The van der Waals surface area contributed by atoms with Gasteiger partial charge in [-0.2, -0.15) is 0 Å². The first-order valence-electron chi connectivity index (χ1n) is 7.61. The van der Waals surface area contributed by atoms with E-state index in [1.165, 1.54) is 30.3 Å². The Morgan fingerprint density at radius 3 is 2.35 bits per heavy atom. The lowest BCUT2D eigenvalue weighted by Crippen LogP contribution is -2.08. The third kappa shape index (κ3) is 3.58. The second-order valence-electron chi connectivity index (χ2n) is 5.66. The summed E-state index contributed by atoms with van der Waals surface area (Å²) in [7, 11) is 0. The standard InChI is InChI=1S/C20H12ClF3O2/c21-20-15(17(24)6-7-18(20)25)10-19(26)14-9-12(4-5-16(14)23)11-2-1-3-13(22)8-11/h1-9,25H,10H2. The van der Waals surface area contributed by atoms with Crippen molar-refractivity contribution >= 4 is 17.4 Å². The minimum Gasteiger partial charge on any atom is -0.506 e. The number of ketones is 1. The third-order valence-electron chi connectivity index (χ3n) is 3.93. The van der Waals surface area contributed by atoms with E-state index in [1.54, 1.807) is 6.07 Å². The molecule has 132 valence electrons. The summed E-state index contributed by atoms with van der Waals surface area (Å²) in [5.74, 6) is -3.11. The van der Waals surface area contributed by atoms with E-state index >= 15 is 0 Å². The molecule has 0 heterocycles. The molecule has 0 aliphatic heterocycles. The van der Waals surface area contributed by atoms with Gasteiger partial charge in [-0.1, -0.05) is 29.8 Å². The Labute approximate surface area is 152 Å². The molecule has 0 saturated heterocycles. The number of phenols is 1. The summed E-state index contributed by atoms with van der Waals surface area (Å²) in [5.41, 5.74) is 0.426. The number of rotatable bonds is 4. The average molecular weight is 377 g/mol. The Balaban J connectivity index is 1.98. The number of hydrogen-bond acceptors (Lipinski definition) is 2. The molecule has 0 fully saturated rings. The van der Waals surface area contributed by atoms with Crippen molar-refractivity contribution in [2.24, 2.45) is 0 Å². The maximum absolute atomic E-state index is 14.1. The van der Waals surface area contributed by atoms with Gasteiger partial charge in [-0.15, -0.1) is 0 Å². The normalized spacial score (nSPS) is 10.8. The number of aromatic hydroxyl groups is 1. The van der Waals surface area contributed by atoms with Crippen LogP contribution in [0.5, 0.6) is 5.75 Å². The van der Waals surface area contributed by atoms with Crippen molar-refractivity contribution in [1.29, 1.82) is 0 Å². The number of carbonyl (C=O) groups excluding carboxylic acids is 1. The zero-order valence-corrected chi connectivity index (χ0v) is 14.0. The summed E-state index contributed by atoms with van der Waals surface area (Å²) in [6.07, 6.45) is -0.525. The molecule has 0 aliphatic carbocycles. The summed E-state index contributed by atoms with van der Waals surface area (Å²) >= 11 is 5.84. The van der Waals surface area contributed by atoms with Crippen LogP contribution in [0.1, 0.15) is 15.9 Å². The SMILES string of the molecule is O=C(Cc1c(F)ccc(O)c1Cl)c1cc(-c2cccc(F)c2)ccc1F. The van der Waals surface area contributed by atoms with Crippen LogP contribution < -0.4 is 0 Å². The van der Waals surface area contributed by atoms with Gasteiger partial charge in [0, 0.05) is 12.0 Å². The fourth-order valence-electron chi connectivity index (χ4n) is 2.59. The predicted molar refractivity (Wildman–Crippen MR) is 92.9 cm³/mol. The molecule has 3 aromatic rings. The molecule has 0 spiro atoms. The molecule has 0 saturated carbocycles. The molecule has 0 unspecified atom stereocenters. The largest absolute Gasteiger partial charge is 0.506 e. The quantitative estimate of drug-likeness (QED) is 0.606. The molecular formula is C20H12ClF3O2. The Bertz CT molecular complexity index is 1000. The van der Waals surface area contributed by atoms with E-state index < -0.39 is 29.7 Å². The van der Waals surface area contributed by atoms with Crippen molar-refractivity contribution < 1.29 is 23.1 Å². The topological polar surface area (TPSA) is 37.3 Å². The Morgan fingerprint density at radius 1 is 0.923 bits per heavy atom. The maximum atomic E-state index is 14.1. The lowest BCUT2D eigenvalue weighted by molar-refractivity contribution is 0.0988. The number of carbonyl (C=O) groups is 1. The van der Waals surface area contributed by atoms with Crippen LogP contribution in [-0.2, 0) is 6.42 Å². The van der Waals surface area contributed by atoms with Crippen LogP contribution >= 0.6 is 11.6 Å². The van der Waals surface area contributed by atoms with E-state index in [9.17, 15) is 23.1 Å². The molecule has 0 aromatic heterocycles. The monoisotopic (exact) mass is 376 g/mol. The van der Waals surface area contributed by atoms with Gasteiger partial charge in [0.05, 0.1) is 10.6 Å². The fourth-order valence-corrected chi connectivity index (χ4v) is 2.81. The van der Waals surface area contributed by atoms with Crippen molar-refractivity contribution in [3.05, 3.63) is 88.2 Å². The van der Waals surface area contributed by atoms with E-state index in [0.717, 1.165) is 18.2 Å². The zero-order chi connectivity index (χ0) is 18.8. The second-order valence-corrected chi connectivity index (χ2v) is 6.04. The number of phenolic OH excluding ortho intramolecular Hbond substituents is 1. The lowest BCUT2D eigenvalue weighted by Gasteiger charge is -2.09. The van der Waals surface area contributed by atoms with Crippen LogP contribution in [0.2, 0.25) is 5.02 Å². The third-order valence-corrected chi connectivity index (χ3v) is 4.35. The molecular weight excluding hydrogens is 365 g/mol. The van der Waals surface area contributed by atoms with Crippen molar-refractivity contribution in [3.8, 4) is 16.9 Å². The van der Waals surface area contributed by atoms with Gasteiger partial charge in [0.2, 0.25) is 0 Å².